The van der Waals surface area contributed by atoms with Gasteiger partial charge in [0.2, 0.25) is 0 Å². The van der Waals surface area contributed by atoms with Gasteiger partial charge in [0.1, 0.15) is 23.1 Å². The predicted molar refractivity (Wildman–Crippen MR) is 98.0 cm³/mol. The summed E-state index contributed by atoms with van der Waals surface area (Å²) >= 11 is 1.52. The van der Waals surface area contributed by atoms with Crippen molar-refractivity contribution in [2.75, 3.05) is 14.2 Å². The van der Waals surface area contributed by atoms with E-state index in [0.717, 1.165) is 20.8 Å². The van der Waals surface area contributed by atoms with Crippen LogP contribution < -0.4 is 9.47 Å². The van der Waals surface area contributed by atoms with E-state index in [9.17, 15) is 4.79 Å². The normalized spacial score (nSPS) is 11.0. The summed E-state index contributed by atoms with van der Waals surface area (Å²) in [6.07, 6.45) is 3.01. The summed E-state index contributed by atoms with van der Waals surface area (Å²) in [5.74, 6) is 0.892. The largest absolute Gasteiger partial charge is 0.497 e. The van der Waals surface area contributed by atoms with Gasteiger partial charge in [-0.1, -0.05) is 12.1 Å². The van der Waals surface area contributed by atoms with Crippen LogP contribution >= 0.6 is 11.3 Å². The number of carbonyl (C=O) groups excluding carboxylic acids is 1. The van der Waals surface area contributed by atoms with Gasteiger partial charge in [0.15, 0.2) is 0 Å². The van der Waals surface area contributed by atoms with Crippen LogP contribution in [0.4, 0.5) is 0 Å². The summed E-state index contributed by atoms with van der Waals surface area (Å²) in [7, 11) is 3.16. The maximum absolute atomic E-state index is 12.0. The lowest BCUT2D eigenvalue weighted by atomic mass is 10.1. The highest BCUT2D eigenvalue weighted by atomic mass is 32.1. The van der Waals surface area contributed by atoms with Crippen LogP contribution in [0.15, 0.2) is 48.5 Å². The minimum atomic E-state index is -0.441. The van der Waals surface area contributed by atoms with Crippen molar-refractivity contribution in [3.05, 3.63) is 59.1 Å². The van der Waals surface area contributed by atoms with E-state index in [1.165, 1.54) is 17.4 Å². The topological polar surface area (TPSA) is 57.7 Å². The Hall–Kier alpha value is -2.86. The van der Waals surface area contributed by atoms with Crippen LogP contribution in [0.5, 0.6) is 11.5 Å². The van der Waals surface area contributed by atoms with Crippen molar-refractivity contribution in [2.24, 2.45) is 0 Å². The van der Waals surface area contributed by atoms with E-state index in [4.69, 9.17) is 14.2 Å². The van der Waals surface area contributed by atoms with Gasteiger partial charge >= 0.3 is 5.97 Å². The van der Waals surface area contributed by atoms with E-state index in [2.05, 4.69) is 4.98 Å². The minimum absolute atomic E-state index is 0.151. The van der Waals surface area contributed by atoms with E-state index in [1.807, 2.05) is 24.3 Å². The zero-order chi connectivity index (χ0) is 17.6. The first kappa shape index (κ1) is 17.0. The van der Waals surface area contributed by atoms with Crippen LogP contribution in [0.3, 0.4) is 0 Å². The Kier molecular flexibility index (Phi) is 5.30. The van der Waals surface area contributed by atoms with Crippen molar-refractivity contribution in [3.8, 4) is 11.5 Å². The van der Waals surface area contributed by atoms with Crippen molar-refractivity contribution in [1.82, 2.24) is 4.98 Å². The third-order valence-corrected chi connectivity index (χ3v) is 4.52. The molecule has 1 aromatic heterocycles. The number of thiazole rings is 1. The SMILES string of the molecule is COc1ccc(OC)c(/C=C/C(=O)OCc2nc3ccccc3s2)c1. The molecule has 0 saturated heterocycles. The summed E-state index contributed by atoms with van der Waals surface area (Å²) in [5, 5.41) is 0.766. The number of esters is 1. The van der Waals surface area contributed by atoms with Gasteiger partial charge in [-0.2, -0.15) is 0 Å². The molecule has 0 bridgehead atoms. The van der Waals surface area contributed by atoms with E-state index in [-0.39, 0.29) is 6.61 Å². The second kappa shape index (κ2) is 7.81. The zero-order valence-electron chi connectivity index (χ0n) is 13.9. The molecular weight excluding hydrogens is 338 g/mol. The number of aromatic nitrogens is 1. The summed E-state index contributed by atoms with van der Waals surface area (Å²) in [6, 6.07) is 13.2. The maximum Gasteiger partial charge on any atom is 0.331 e. The molecule has 0 unspecified atom stereocenters. The van der Waals surface area contributed by atoms with Crippen LogP contribution in [0.25, 0.3) is 16.3 Å². The molecule has 0 atom stereocenters. The van der Waals surface area contributed by atoms with Gasteiger partial charge < -0.3 is 14.2 Å². The molecule has 25 heavy (non-hydrogen) atoms. The molecule has 1 heterocycles. The van der Waals surface area contributed by atoms with Gasteiger partial charge in [0.25, 0.3) is 0 Å². The lowest BCUT2D eigenvalue weighted by molar-refractivity contribution is -0.138. The minimum Gasteiger partial charge on any atom is -0.497 e. The van der Waals surface area contributed by atoms with E-state index >= 15 is 0 Å². The van der Waals surface area contributed by atoms with Gasteiger partial charge in [-0.3, -0.25) is 0 Å². The average molecular weight is 355 g/mol. The molecule has 0 N–H and O–H groups in total. The maximum atomic E-state index is 12.0. The van der Waals surface area contributed by atoms with Crippen molar-refractivity contribution >= 4 is 33.6 Å². The van der Waals surface area contributed by atoms with Gasteiger partial charge in [-0.25, -0.2) is 9.78 Å². The Bertz CT molecular complexity index is 884. The third kappa shape index (κ3) is 4.16. The van der Waals surface area contributed by atoms with Crippen LogP contribution in [-0.4, -0.2) is 25.2 Å². The summed E-state index contributed by atoms with van der Waals surface area (Å²) in [5.41, 5.74) is 1.65. The molecule has 6 heteroatoms. The van der Waals surface area contributed by atoms with Gasteiger partial charge in [0, 0.05) is 11.6 Å². The quantitative estimate of drug-likeness (QED) is 0.493. The van der Waals surface area contributed by atoms with E-state index in [0.29, 0.717) is 11.5 Å². The first-order valence-electron chi connectivity index (χ1n) is 7.61. The highest BCUT2D eigenvalue weighted by molar-refractivity contribution is 7.18. The van der Waals surface area contributed by atoms with Crippen molar-refractivity contribution in [2.45, 2.75) is 6.61 Å². The summed E-state index contributed by atoms with van der Waals surface area (Å²) in [4.78, 5) is 16.4. The Morgan fingerprint density at radius 3 is 2.76 bits per heavy atom. The number of carbonyl (C=O) groups is 1. The fraction of sp³-hybridized carbons (Fsp3) is 0.158. The number of nitrogens with zero attached hydrogens (tertiary/aromatic N) is 1. The van der Waals surface area contributed by atoms with Crippen molar-refractivity contribution < 1.29 is 19.0 Å². The smallest absolute Gasteiger partial charge is 0.331 e. The monoisotopic (exact) mass is 355 g/mol. The molecule has 2 aromatic carbocycles. The van der Waals surface area contributed by atoms with Crippen LogP contribution in [0, 0.1) is 0 Å². The molecule has 0 aliphatic heterocycles. The lowest BCUT2D eigenvalue weighted by Crippen LogP contribution is -2.00. The van der Waals surface area contributed by atoms with E-state index < -0.39 is 5.97 Å². The second-order valence-electron chi connectivity index (χ2n) is 5.12. The Labute approximate surface area is 149 Å². The molecule has 0 aliphatic carbocycles. The van der Waals surface area contributed by atoms with Crippen LogP contribution in [-0.2, 0) is 16.1 Å². The number of methoxy groups -OCH3 is 2. The molecule has 0 aliphatic rings. The number of ether oxygens (including phenoxy) is 3. The fourth-order valence-corrected chi connectivity index (χ4v) is 3.17. The van der Waals surface area contributed by atoms with Crippen LogP contribution in [0.2, 0.25) is 0 Å². The number of hydrogen-bond acceptors (Lipinski definition) is 6. The number of para-hydroxylation sites is 1. The molecule has 0 fully saturated rings. The molecule has 5 nitrogen and oxygen atoms in total. The standard InChI is InChI=1S/C19H17NO4S/c1-22-14-8-9-16(23-2)13(11-14)7-10-19(21)24-12-18-20-15-5-3-4-6-17(15)25-18/h3-11H,12H2,1-2H3/b10-7+. The average Bonchev–Trinajstić information content (AvgIpc) is 3.07. The number of fused-ring (bicyclic) bond motifs is 1. The Morgan fingerprint density at radius 2 is 2.00 bits per heavy atom. The van der Waals surface area contributed by atoms with Gasteiger partial charge in [-0.05, 0) is 36.4 Å². The highest BCUT2D eigenvalue weighted by Crippen LogP contribution is 2.25. The fourth-order valence-electron chi connectivity index (χ4n) is 2.29. The lowest BCUT2D eigenvalue weighted by Gasteiger charge is -2.07. The molecule has 0 saturated carbocycles. The first-order valence-corrected chi connectivity index (χ1v) is 8.42. The number of rotatable bonds is 6. The van der Waals surface area contributed by atoms with Crippen LogP contribution in [0.1, 0.15) is 10.6 Å². The third-order valence-electron chi connectivity index (χ3n) is 3.51. The molecule has 128 valence electrons. The van der Waals surface area contributed by atoms with Gasteiger partial charge in [-0.15, -0.1) is 11.3 Å². The molecule has 3 aromatic rings. The number of hydrogen-bond donors (Lipinski definition) is 0. The van der Waals surface area contributed by atoms with Crippen molar-refractivity contribution in [1.29, 1.82) is 0 Å². The molecule has 0 amide bonds. The highest BCUT2D eigenvalue weighted by Gasteiger charge is 2.07. The van der Waals surface area contributed by atoms with Gasteiger partial charge in [0.05, 0.1) is 24.4 Å². The number of benzene rings is 2. The van der Waals surface area contributed by atoms with Crippen molar-refractivity contribution in [3.63, 3.8) is 0 Å². The Morgan fingerprint density at radius 1 is 1.16 bits per heavy atom. The van der Waals surface area contributed by atoms with E-state index in [1.54, 1.807) is 38.5 Å². The second-order valence-corrected chi connectivity index (χ2v) is 6.24. The Balaban J connectivity index is 1.65. The molecule has 3 rings (SSSR count). The molecular formula is C19H17NO4S. The summed E-state index contributed by atoms with van der Waals surface area (Å²) < 4.78 is 16.8. The molecule has 0 spiro atoms. The predicted octanol–water partition coefficient (Wildman–Crippen LogP) is 4.07. The first-order chi connectivity index (χ1) is 12.2. The molecule has 0 radical (unpaired) electrons. The zero-order valence-corrected chi connectivity index (χ0v) is 14.7. The summed E-state index contributed by atoms with van der Waals surface area (Å²) in [6.45, 7) is 0.151.